The number of aliphatic hydroxyl groups is 3. The lowest BCUT2D eigenvalue weighted by Crippen LogP contribution is -2.69. The maximum atomic E-state index is 13.6. The quantitative estimate of drug-likeness (QED) is 0.0621. The average Bonchev–Trinajstić information content (AvgIpc) is 3.04. The monoisotopic (exact) mass is 642 g/mol. The molecule has 6 N–H and O–H groups in total. The van der Waals surface area contributed by atoms with Gasteiger partial charge in [0.1, 0.15) is 24.4 Å². The van der Waals surface area contributed by atoms with Crippen LogP contribution in [0.15, 0.2) is 0 Å². The number of ether oxygens (including phenoxy) is 1. The Bertz CT molecular complexity index is 727. The van der Waals surface area contributed by atoms with Crippen molar-refractivity contribution < 1.29 is 29.6 Å². The van der Waals surface area contributed by atoms with Crippen LogP contribution in [0.1, 0.15) is 168 Å². The van der Waals surface area contributed by atoms with Crippen LogP contribution >= 0.6 is 0 Å². The highest BCUT2D eigenvalue weighted by molar-refractivity contribution is 5.79. The van der Waals surface area contributed by atoms with Crippen LogP contribution < -0.4 is 11.1 Å². The van der Waals surface area contributed by atoms with Crippen LogP contribution in [0.5, 0.6) is 0 Å². The van der Waals surface area contributed by atoms with E-state index in [2.05, 4.69) is 19.2 Å². The fraction of sp³-hybridized carbons (Fsp3) is 0.944. The van der Waals surface area contributed by atoms with Crippen molar-refractivity contribution in [3.05, 3.63) is 0 Å². The summed E-state index contributed by atoms with van der Waals surface area (Å²) in [7, 11) is 0. The van der Waals surface area contributed by atoms with Gasteiger partial charge in [-0.3, -0.25) is 9.59 Å². The van der Waals surface area contributed by atoms with Gasteiger partial charge in [-0.15, -0.1) is 0 Å². The molecule has 0 spiro atoms. The molecule has 1 fully saturated rings. The predicted molar refractivity (Wildman–Crippen MR) is 183 cm³/mol. The van der Waals surface area contributed by atoms with Gasteiger partial charge in [0.15, 0.2) is 6.23 Å². The van der Waals surface area contributed by atoms with Gasteiger partial charge in [-0.25, -0.2) is 0 Å². The number of unbranched alkanes of at least 4 members (excludes halogenated alkanes) is 21. The number of hydrogen-bond donors (Lipinski definition) is 5. The van der Waals surface area contributed by atoms with Crippen molar-refractivity contribution in [3.63, 3.8) is 0 Å². The van der Waals surface area contributed by atoms with Crippen molar-refractivity contribution in [3.8, 4) is 0 Å². The molecule has 0 saturated carbocycles. The van der Waals surface area contributed by atoms with Crippen LogP contribution in [-0.2, 0) is 14.3 Å². The first-order valence-corrected chi connectivity index (χ1v) is 18.8. The third-order valence-electron chi connectivity index (χ3n) is 9.29. The molecule has 1 saturated heterocycles. The van der Waals surface area contributed by atoms with Crippen LogP contribution in [0.2, 0.25) is 0 Å². The van der Waals surface area contributed by atoms with E-state index >= 15 is 0 Å². The summed E-state index contributed by atoms with van der Waals surface area (Å²) in [6.45, 7) is 4.11. The standard InChI is InChI=1S/C36H71N3O6/c1-3-5-7-9-11-13-15-16-17-18-20-22-24-26-32(42)39(27-25-23-21-19-14-12-10-8-6-4-2)36-33(38-31(41)28-37)35(44)34(43)30(29-40)45-36/h30,33-36,40,43-44H,3-29,37H2,1-2H3,(H,38,41)/t30-,33-,34-,35-,36-/m1/s1. The van der Waals surface area contributed by atoms with Crippen molar-refractivity contribution in [1.82, 2.24) is 10.2 Å². The zero-order valence-corrected chi connectivity index (χ0v) is 29.1. The molecule has 9 nitrogen and oxygen atoms in total. The second kappa shape index (κ2) is 27.8. The van der Waals surface area contributed by atoms with Gasteiger partial charge >= 0.3 is 0 Å². The zero-order valence-electron chi connectivity index (χ0n) is 29.1. The van der Waals surface area contributed by atoms with Crippen molar-refractivity contribution >= 4 is 11.8 Å². The SMILES string of the molecule is CCCCCCCCCCCCCCCC(=O)N(CCCCCCCCCCCC)[C@@H]1O[C@H](CO)[C@@H](O)[C@H](O)[C@H]1NC(=O)CN. The molecule has 45 heavy (non-hydrogen) atoms. The third-order valence-corrected chi connectivity index (χ3v) is 9.29. The Morgan fingerprint density at radius 2 is 1.09 bits per heavy atom. The Morgan fingerprint density at radius 1 is 0.667 bits per heavy atom. The number of rotatable bonds is 29. The van der Waals surface area contributed by atoms with Crippen molar-refractivity contribution in [2.45, 2.75) is 199 Å². The van der Waals surface area contributed by atoms with Crippen LogP contribution in [0.4, 0.5) is 0 Å². The number of nitrogens with one attached hydrogen (secondary N) is 1. The van der Waals surface area contributed by atoms with Gasteiger partial charge in [0.05, 0.1) is 13.2 Å². The maximum absolute atomic E-state index is 13.6. The van der Waals surface area contributed by atoms with Gasteiger partial charge in [0, 0.05) is 13.0 Å². The van der Waals surface area contributed by atoms with E-state index in [4.69, 9.17) is 10.5 Å². The largest absolute Gasteiger partial charge is 0.394 e. The Hall–Kier alpha value is -1.26. The molecule has 1 aliphatic rings. The number of aliphatic hydroxyl groups excluding tert-OH is 3. The summed E-state index contributed by atoms with van der Waals surface area (Å²) in [5.74, 6) is -0.601. The first-order valence-electron chi connectivity index (χ1n) is 18.8. The van der Waals surface area contributed by atoms with E-state index in [0.29, 0.717) is 13.0 Å². The average molecular weight is 642 g/mol. The Labute approximate surface area is 275 Å². The van der Waals surface area contributed by atoms with Crippen LogP contribution in [0.25, 0.3) is 0 Å². The molecular weight excluding hydrogens is 570 g/mol. The summed E-state index contributed by atoms with van der Waals surface area (Å²) in [4.78, 5) is 27.5. The number of carbonyl (C=O) groups is 2. The smallest absolute Gasteiger partial charge is 0.234 e. The van der Waals surface area contributed by atoms with Gasteiger partial charge in [-0.2, -0.15) is 0 Å². The minimum Gasteiger partial charge on any atom is -0.394 e. The molecule has 0 radical (unpaired) electrons. The van der Waals surface area contributed by atoms with Crippen LogP contribution in [0, 0.1) is 0 Å². The zero-order chi connectivity index (χ0) is 33.1. The highest BCUT2D eigenvalue weighted by Gasteiger charge is 2.47. The molecular formula is C36H71N3O6. The molecule has 1 heterocycles. The summed E-state index contributed by atoms with van der Waals surface area (Å²) in [6.07, 6.45) is 23.1. The highest BCUT2D eigenvalue weighted by atomic mass is 16.5. The minimum atomic E-state index is -1.41. The second-order valence-electron chi connectivity index (χ2n) is 13.3. The molecule has 0 aromatic rings. The third kappa shape index (κ3) is 18.6. The number of nitrogens with two attached hydrogens (primary N) is 1. The molecule has 0 aliphatic carbocycles. The van der Waals surface area contributed by atoms with E-state index < -0.39 is 43.1 Å². The van der Waals surface area contributed by atoms with Crippen LogP contribution in [0.3, 0.4) is 0 Å². The maximum Gasteiger partial charge on any atom is 0.234 e. The van der Waals surface area contributed by atoms with Gasteiger partial charge in [0.2, 0.25) is 11.8 Å². The van der Waals surface area contributed by atoms with Crippen LogP contribution in [-0.4, -0.2) is 82.3 Å². The lowest BCUT2D eigenvalue weighted by Gasteiger charge is -2.46. The summed E-state index contributed by atoms with van der Waals surface area (Å²) in [5.41, 5.74) is 5.52. The van der Waals surface area contributed by atoms with E-state index in [1.165, 1.54) is 109 Å². The fourth-order valence-corrected chi connectivity index (χ4v) is 6.37. The number of carbonyl (C=O) groups excluding carboxylic acids is 2. The lowest BCUT2D eigenvalue weighted by atomic mass is 9.94. The van der Waals surface area contributed by atoms with Gasteiger partial charge in [-0.05, 0) is 12.8 Å². The molecule has 0 aromatic heterocycles. The number of nitrogens with zero attached hydrogens (tertiary/aromatic N) is 1. The van der Waals surface area contributed by atoms with Crippen molar-refractivity contribution in [1.29, 1.82) is 0 Å². The summed E-state index contributed by atoms with van der Waals surface area (Å²) >= 11 is 0. The predicted octanol–water partition coefficient (Wildman–Crippen LogP) is 6.10. The van der Waals surface area contributed by atoms with Gasteiger partial charge < -0.3 is 36.0 Å². The summed E-state index contributed by atoms with van der Waals surface area (Å²) in [5, 5.41) is 33.9. The van der Waals surface area contributed by atoms with Crippen molar-refractivity contribution in [2.24, 2.45) is 5.73 Å². The fourth-order valence-electron chi connectivity index (χ4n) is 6.37. The van der Waals surface area contributed by atoms with E-state index in [1.807, 2.05) is 0 Å². The van der Waals surface area contributed by atoms with E-state index in [1.54, 1.807) is 4.90 Å². The number of hydrogen-bond acceptors (Lipinski definition) is 7. The van der Waals surface area contributed by atoms with E-state index in [0.717, 1.165) is 38.5 Å². The Morgan fingerprint density at radius 3 is 1.51 bits per heavy atom. The molecule has 5 atom stereocenters. The highest BCUT2D eigenvalue weighted by Crippen LogP contribution is 2.26. The van der Waals surface area contributed by atoms with Gasteiger partial charge in [0.25, 0.3) is 0 Å². The molecule has 266 valence electrons. The topological polar surface area (TPSA) is 145 Å². The second-order valence-corrected chi connectivity index (χ2v) is 13.3. The molecule has 0 unspecified atom stereocenters. The molecule has 2 amide bonds. The van der Waals surface area contributed by atoms with E-state index in [9.17, 15) is 24.9 Å². The first kappa shape index (κ1) is 41.8. The summed E-state index contributed by atoms with van der Waals surface area (Å²) in [6, 6.07) is -1.04. The van der Waals surface area contributed by atoms with Crippen molar-refractivity contribution in [2.75, 3.05) is 19.7 Å². The van der Waals surface area contributed by atoms with E-state index in [-0.39, 0.29) is 12.5 Å². The van der Waals surface area contributed by atoms with Gasteiger partial charge in [-0.1, -0.05) is 149 Å². The molecule has 1 aliphatic heterocycles. The molecule has 1 rings (SSSR count). The first-order chi connectivity index (χ1) is 21.9. The molecule has 0 aromatic carbocycles. The minimum absolute atomic E-state index is 0.0914. The molecule has 0 bridgehead atoms. The number of amides is 2. The summed E-state index contributed by atoms with van der Waals surface area (Å²) < 4.78 is 6.01. The normalized spacial score (nSPS) is 21.6. The Kier molecular flexibility index (Phi) is 25.8. The molecule has 9 heteroatoms. The lowest BCUT2D eigenvalue weighted by molar-refractivity contribution is -0.231. The Balaban J connectivity index is 2.62.